The van der Waals surface area contributed by atoms with Crippen LogP contribution in [0.25, 0.3) is 0 Å². The molecule has 0 spiro atoms. The van der Waals surface area contributed by atoms with Crippen LogP contribution >= 0.6 is 11.8 Å². The molecule has 0 aromatic heterocycles. The summed E-state index contributed by atoms with van der Waals surface area (Å²) in [4.78, 5) is 22.2. The van der Waals surface area contributed by atoms with Gasteiger partial charge in [0.2, 0.25) is 5.91 Å². The van der Waals surface area contributed by atoms with Crippen LogP contribution in [-0.4, -0.2) is 40.1 Å². The molecule has 5 heteroatoms. The number of carboxylic acid groups (broad SMARTS) is 1. The van der Waals surface area contributed by atoms with Crippen molar-refractivity contribution in [1.82, 2.24) is 4.90 Å². The summed E-state index contributed by atoms with van der Waals surface area (Å²) >= 11 is 1.45. The molecule has 1 saturated heterocycles. The summed E-state index contributed by atoms with van der Waals surface area (Å²) in [5.41, 5.74) is 0. The molecule has 0 aromatic carbocycles. The molecule has 0 aliphatic carbocycles. The van der Waals surface area contributed by atoms with Gasteiger partial charge in [0.25, 0.3) is 0 Å². The summed E-state index contributed by atoms with van der Waals surface area (Å²) in [6.07, 6.45) is 0. The quantitative estimate of drug-likeness (QED) is 0.599. The number of hydrogen-bond acceptors (Lipinski definition) is 3. The van der Waals surface area contributed by atoms with Gasteiger partial charge in [-0.25, -0.2) is 0 Å². The average molecular weight is 161 g/mol. The standard InChI is InChI=1S/C5H7NO3S/c7-4-2-10-3-6(4)1-5(8)9/h1-3H2,(H,8,9). The predicted molar refractivity (Wildman–Crippen MR) is 36.7 cm³/mol. The van der Waals surface area contributed by atoms with Gasteiger partial charge in [-0.15, -0.1) is 11.8 Å². The summed E-state index contributed by atoms with van der Waals surface area (Å²) in [6.45, 7) is -0.161. The fourth-order valence-electron chi connectivity index (χ4n) is 0.704. The van der Waals surface area contributed by atoms with Gasteiger partial charge in [0.05, 0.1) is 11.6 Å². The van der Waals surface area contributed by atoms with Crippen molar-refractivity contribution in [2.24, 2.45) is 0 Å². The molecule has 1 amide bonds. The highest BCUT2D eigenvalue weighted by molar-refractivity contribution is 8.00. The number of hydrogen-bond donors (Lipinski definition) is 1. The van der Waals surface area contributed by atoms with Gasteiger partial charge in [-0.05, 0) is 0 Å². The molecule has 1 heterocycles. The van der Waals surface area contributed by atoms with Crippen LogP contribution < -0.4 is 0 Å². The largest absolute Gasteiger partial charge is 0.480 e. The van der Waals surface area contributed by atoms with Crippen molar-refractivity contribution in [1.29, 1.82) is 0 Å². The monoisotopic (exact) mass is 161 g/mol. The molecular formula is C5H7NO3S. The summed E-state index contributed by atoms with van der Waals surface area (Å²) in [7, 11) is 0. The van der Waals surface area contributed by atoms with Crippen LogP contribution in [0.3, 0.4) is 0 Å². The van der Waals surface area contributed by atoms with E-state index in [-0.39, 0.29) is 12.5 Å². The second-order valence-electron chi connectivity index (χ2n) is 1.96. The number of carbonyl (C=O) groups is 2. The maximum Gasteiger partial charge on any atom is 0.323 e. The molecule has 1 rings (SSSR count). The number of amides is 1. The Morgan fingerprint density at radius 1 is 1.80 bits per heavy atom. The fourth-order valence-corrected chi connectivity index (χ4v) is 1.61. The van der Waals surface area contributed by atoms with Crippen LogP contribution in [0.2, 0.25) is 0 Å². The third kappa shape index (κ3) is 1.63. The number of thioether (sulfide) groups is 1. The van der Waals surface area contributed by atoms with Crippen molar-refractivity contribution in [2.75, 3.05) is 18.2 Å². The van der Waals surface area contributed by atoms with Crippen LogP contribution in [0.15, 0.2) is 0 Å². The summed E-state index contributed by atoms with van der Waals surface area (Å²) < 4.78 is 0. The zero-order valence-electron chi connectivity index (χ0n) is 5.24. The molecule has 0 radical (unpaired) electrons. The van der Waals surface area contributed by atoms with Gasteiger partial charge in [-0.3, -0.25) is 9.59 Å². The van der Waals surface area contributed by atoms with Gasteiger partial charge in [0.15, 0.2) is 0 Å². The minimum absolute atomic E-state index is 0.0765. The average Bonchev–Trinajstić information content (AvgIpc) is 2.15. The Labute approximate surface area is 62.2 Å². The summed E-state index contributed by atoms with van der Waals surface area (Å²) in [5, 5.41) is 8.29. The Hall–Kier alpha value is -0.710. The van der Waals surface area contributed by atoms with Gasteiger partial charge >= 0.3 is 5.97 Å². The molecule has 4 nitrogen and oxygen atoms in total. The zero-order valence-corrected chi connectivity index (χ0v) is 6.06. The van der Waals surface area contributed by atoms with Crippen molar-refractivity contribution < 1.29 is 14.7 Å². The highest BCUT2D eigenvalue weighted by atomic mass is 32.2. The van der Waals surface area contributed by atoms with Gasteiger partial charge in [0, 0.05) is 0 Å². The number of carboxylic acids is 1. The molecule has 1 N–H and O–H groups in total. The molecule has 0 atom stereocenters. The number of carbonyl (C=O) groups excluding carboxylic acids is 1. The molecule has 56 valence electrons. The van der Waals surface area contributed by atoms with Crippen molar-refractivity contribution in [3.05, 3.63) is 0 Å². The van der Waals surface area contributed by atoms with Crippen LogP contribution in [0.5, 0.6) is 0 Å². The van der Waals surface area contributed by atoms with E-state index in [9.17, 15) is 9.59 Å². The van der Waals surface area contributed by atoms with Gasteiger partial charge in [-0.2, -0.15) is 0 Å². The molecule has 0 aromatic rings. The molecule has 0 unspecified atom stereocenters. The zero-order chi connectivity index (χ0) is 7.56. The van der Waals surface area contributed by atoms with E-state index in [4.69, 9.17) is 5.11 Å². The third-order valence-corrected chi connectivity index (χ3v) is 2.10. The maximum atomic E-state index is 10.8. The van der Waals surface area contributed by atoms with E-state index in [1.165, 1.54) is 16.7 Å². The molecule has 0 bridgehead atoms. The van der Waals surface area contributed by atoms with Crippen LogP contribution in [0.4, 0.5) is 0 Å². The van der Waals surface area contributed by atoms with Crippen LogP contribution in [0, 0.1) is 0 Å². The topological polar surface area (TPSA) is 57.6 Å². The minimum atomic E-state index is -0.948. The maximum absolute atomic E-state index is 10.8. The normalized spacial score (nSPS) is 18.0. The Balaban J connectivity index is 2.40. The second kappa shape index (κ2) is 2.92. The minimum Gasteiger partial charge on any atom is -0.480 e. The van der Waals surface area contributed by atoms with Crippen LogP contribution in [-0.2, 0) is 9.59 Å². The van der Waals surface area contributed by atoms with Crippen molar-refractivity contribution >= 4 is 23.6 Å². The van der Waals surface area contributed by atoms with Gasteiger partial charge < -0.3 is 10.0 Å². The molecule has 1 fully saturated rings. The summed E-state index contributed by atoms with van der Waals surface area (Å²) in [6, 6.07) is 0. The van der Waals surface area contributed by atoms with Crippen molar-refractivity contribution in [3.63, 3.8) is 0 Å². The second-order valence-corrected chi connectivity index (χ2v) is 2.92. The highest BCUT2D eigenvalue weighted by Crippen LogP contribution is 2.13. The highest BCUT2D eigenvalue weighted by Gasteiger charge is 2.22. The van der Waals surface area contributed by atoms with E-state index < -0.39 is 5.97 Å². The molecular weight excluding hydrogens is 154 g/mol. The van der Waals surface area contributed by atoms with E-state index in [0.717, 1.165) is 0 Å². The fraction of sp³-hybridized carbons (Fsp3) is 0.600. The first-order chi connectivity index (χ1) is 4.70. The van der Waals surface area contributed by atoms with Crippen molar-refractivity contribution in [2.45, 2.75) is 0 Å². The smallest absolute Gasteiger partial charge is 0.323 e. The first-order valence-corrected chi connectivity index (χ1v) is 3.93. The predicted octanol–water partition coefficient (Wildman–Crippen LogP) is -0.396. The Kier molecular flexibility index (Phi) is 2.16. The molecule has 1 aliphatic rings. The van der Waals surface area contributed by atoms with Gasteiger partial charge in [-0.1, -0.05) is 0 Å². The lowest BCUT2D eigenvalue weighted by Gasteiger charge is -2.09. The number of rotatable bonds is 2. The first-order valence-electron chi connectivity index (χ1n) is 2.77. The SMILES string of the molecule is O=C(O)CN1CSCC1=O. The molecule has 10 heavy (non-hydrogen) atoms. The lowest BCUT2D eigenvalue weighted by atomic mass is 10.5. The lowest BCUT2D eigenvalue weighted by Crippen LogP contribution is -2.31. The Bertz CT molecular complexity index is 170. The first kappa shape index (κ1) is 7.40. The molecule has 0 saturated carbocycles. The number of aliphatic carboxylic acids is 1. The number of nitrogens with zero attached hydrogens (tertiary/aromatic N) is 1. The van der Waals surface area contributed by atoms with E-state index in [1.807, 2.05) is 0 Å². The van der Waals surface area contributed by atoms with Crippen molar-refractivity contribution in [3.8, 4) is 0 Å². The third-order valence-electron chi connectivity index (χ3n) is 1.15. The van der Waals surface area contributed by atoms with E-state index >= 15 is 0 Å². The lowest BCUT2D eigenvalue weighted by molar-refractivity contribution is -0.142. The Morgan fingerprint density at radius 3 is 2.90 bits per heavy atom. The van der Waals surface area contributed by atoms with E-state index in [2.05, 4.69) is 0 Å². The molecule has 1 aliphatic heterocycles. The van der Waals surface area contributed by atoms with Crippen LogP contribution in [0.1, 0.15) is 0 Å². The summed E-state index contributed by atoms with van der Waals surface area (Å²) in [5.74, 6) is -0.0819. The van der Waals surface area contributed by atoms with Gasteiger partial charge in [0.1, 0.15) is 6.54 Å². The van der Waals surface area contributed by atoms with E-state index in [0.29, 0.717) is 11.6 Å². The van der Waals surface area contributed by atoms with E-state index in [1.54, 1.807) is 0 Å². The Morgan fingerprint density at radius 2 is 2.50 bits per heavy atom.